The number of furan rings is 1. The number of rotatable bonds is 2. The number of hydrogen-bond acceptors (Lipinski definition) is 4. The van der Waals surface area contributed by atoms with Crippen molar-refractivity contribution in [3.63, 3.8) is 0 Å². The van der Waals surface area contributed by atoms with E-state index in [1.807, 2.05) is 6.07 Å². The largest absolute Gasteiger partial charge is 0.463 e. The number of nitrogens with zero attached hydrogens (tertiary/aromatic N) is 2. The molecule has 2 aliphatic heterocycles. The minimum absolute atomic E-state index is 0.0842. The van der Waals surface area contributed by atoms with Crippen LogP contribution >= 0.6 is 0 Å². The van der Waals surface area contributed by atoms with Crippen molar-refractivity contribution in [3.05, 3.63) is 30.3 Å². The van der Waals surface area contributed by atoms with Crippen LogP contribution in [0.25, 0.3) is 11.0 Å². The molecule has 2 bridgehead atoms. The average Bonchev–Trinajstić information content (AvgIpc) is 3.13. The smallest absolute Gasteiger partial charge is 0.270 e. The summed E-state index contributed by atoms with van der Waals surface area (Å²) >= 11 is 0. The van der Waals surface area contributed by atoms with Crippen LogP contribution in [0.15, 0.2) is 29.0 Å². The lowest BCUT2D eigenvalue weighted by Gasteiger charge is -2.22. The van der Waals surface area contributed by atoms with Crippen LogP contribution in [0, 0.1) is 0 Å². The van der Waals surface area contributed by atoms with Crippen LogP contribution in [0.3, 0.4) is 0 Å². The molecule has 4 heterocycles. The fourth-order valence-corrected chi connectivity index (χ4v) is 3.65. The van der Waals surface area contributed by atoms with Gasteiger partial charge in [0.2, 0.25) is 0 Å². The predicted octanol–water partition coefficient (Wildman–Crippen LogP) is 1.79. The summed E-state index contributed by atoms with van der Waals surface area (Å²) in [6, 6.07) is 5.01. The molecule has 0 spiro atoms. The maximum atomic E-state index is 12.3. The molecule has 2 fully saturated rings. The molecule has 0 aliphatic carbocycles. The van der Waals surface area contributed by atoms with Crippen molar-refractivity contribution in [2.24, 2.45) is 0 Å². The molecule has 0 aromatic carbocycles. The topological polar surface area (TPSA) is 58.4 Å². The van der Waals surface area contributed by atoms with Gasteiger partial charge in [0, 0.05) is 23.5 Å². The van der Waals surface area contributed by atoms with Gasteiger partial charge >= 0.3 is 0 Å². The third kappa shape index (κ3) is 1.73. The summed E-state index contributed by atoms with van der Waals surface area (Å²) in [5, 5.41) is 4.05. The molecule has 4 rings (SSSR count). The lowest BCUT2D eigenvalue weighted by Crippen LogP contribution is -2.43. The third-order valence-corrected chi connectivity index (χ3v) is 4.77. The summed E-state index contributed by atoms with van der Waals surface area (Å²) in [5.74, 6) is -0.0842. The second kappa shape index (κ2) is 4.31. The van der Waals surface area contributed by atoms with Crippen molar-refractivity contribution in [1.29, 1.82) is 0 Å². The van der Waals surface area contributed by atoms with Gasteiger partial charge in [-0.15, -0.1) is 0 Å². The molecule has 3 atom stereocenters. The number of pyridine rings is 1. The molecule has 5 nitrogen and oxygen atoms in total. The molecular weight excluding hydrogens is 254 g/mol. The lowest BCUT2D eigenvalue weighted by molar-refractivity contribution is 0.0922. The number of carbonyl (C=O) groups excluding carboxylic acids is 1. The number of amides is 1. The first-order valence-electron chi connectivity index (χ1n) is 7.08. The minimum atomic E-state index is -0.0842. The third-order valence-electron chi connectivity index (χ3n) is 4.77. The Balaban J connectivity index is 1.53. The van der Waals surface area contributed by atoms with Crippen LogP contribution in [0.4, 0.5) is 0 Å². The Hall–Kier alpha value is -1.88. The summed E-state index contributed by atoms with van der Waals surface area (Å²) in [6.07, 6.45) is 6.71. The zero-order valence-corrected chi connectivity index (χ0v) is 11.4. The highest BCUT2D eigenvalue weighted by Crippen LogP contribution is 2.36. The van der Waals surface area contributed by atoms with Crippen molar-refractivity contribution in [1.82, 2.24) is 15.2 Å². The van der Waals surface area contributed by atoms with E-state index in [1.165, 1.54) is 12.8 Å². The van der Waals surface area contributed by atoms with E-state index in [4.69, 9.17) is 4.42 Å². The van der Waals surface area contributed by atoms with E-state index in [9.17, 15) is 4.79 Å². The molecule has 20 heavy (non-hydrogen) atoms. The average molecular weight is 271 g/mol. The Bertz CT molecular complexity index is 666. The Labute approximate surface area is 117 Å². The van der Waals surface area contributed by atoms with Crippen LogP contribution < -0.4 is 5.32 Å². The van der Waals surface area contributed by atoms with Gasteiger partial charge in [0.25, 0.3) is 5.91 Å². The van der Waals surface area contributed by atoms with Crippen LogP contribution in [-0.2, 0) is 0 Å². The Morgan fingerprint density at radius 1 is 1.50 bits per heavy atom. The van der Waals surface area contributed by atoms with Gasteiger partial charge in [-0.3, -0.25) is 9.69 Å². The minimum Gasteiger partial charge on any atom is -0.463 e. The van der Waals surface area contributed by atoms with E-state index in [-0.39, 0.29) is 11.9 Å². The molecule has 0 radical (unpaired) electrons. The number of carbonyl (C=O) groups is 1. The Kier molecular flexibility index (Phi) is 2.57. The van der Waals surface area contributed by atoms with E-state index in [2.05, 4.69) is 22.2 Å². The van der Waals surface area contributed by atoms with Crippen molar-refractivity contribution in [3.8, 4) is 0 Å². The van der Waals surface area contributed by atoms with Crippen LogP contribution in [0.5, 0.6) is 0 Å². The van der Waals surface area contributed by atoms with Crippen LogP contribution in [0.2, 0.25) is 0 Å². The molecule has 0 saturated carbocycles. The monoisotopic (exact) mass is 271 g/mol. The van der Waals surface area contributed by atoms with Gasteiger partial charge in [0.05, 0.1) is 12.5 Å². The zero-order valence-electron chi connectivity index (χ0n) is 11.4. The quantitative estimate of drug-likeness (QED) is 0.904. The first kappa shape index (κ1) is 11.9. The summed E-state index contributed by atoms with van der Waals surface area (Å²) < 4.78 is 5.24. The maximum Gasteiger partial charge on any atom is 0.270 e. The van der Waals surface area contributed by atoms with E-state index in [0.29, 0.717) is 23.4 Å². The van der Waals surface area contributed by atoms with E-state index < -0.39 is 0 Å². The first-order chi connectivity index (χ1) is 9.72. The second-order valence-corrected chi connectivity index (χ2v) is 5.81. The van der Waals surface area contributed by atoms with E-state index in [1.54, 1.807) is 18.5 Å². The summed E-state index contributed by atoms with van der Waals surface area (Å²) in [4.78, 5) is 18.9. The molecule has 5 heteroatoms. The molecule has 104 valence electrons. The van der Waals surface area contributed by atoms with Crippen molar-refractivity contribution < 1.29 is 9.21 Å². The van der Waals surface area contributed by atoms with Crippen molar-refractivity contribution >= 4 is 16.9 Å². The molecule has 2 saturated heterocycles. The first-order valence-corrected chi connectivity index (χ1v) is 7.08. The SMILES string of the molecule is CN1[C@@H]2CC[C@H]1[C@H](NC(=O)c1cc3ccoc3cn1)C2. The highest BCUT2D eigenvalue weighted by molar-refractivity contribution is 5.95. The zero-order chi connectivity index (χ0) is 13.7. The second-order valence-electron chi connectivity index (χ2n) is 5.81. The number of nitrogens with one attached hydrogen (secondary N) is 1. The van der Waals surface area contributed by atoms with Gasteiger partial charge in [-0.1, -0.05) is 0 Å². The maximum absolute atomic E-state index is 12.3. The molecule has 1 N–H and O–H groups in total. The summed E-state index contributed by atoms with van der Waals surface area (Å²) in [6.45, 7) is 0. The normalized spacial score (nSPS) is 29.1. The Morgan fingerprint density at radius 3 is 3.15 bits per heavy atom. The number of hydrogen-bond donors (Lipinski definition) is 1. The molecule has 2 aliphatic rings. The van der Waals surface area contributed by atoms with E-state index >= 15 is 0 Å². The molecule has 1 amide bonds. The summed E-state index contributed by atoms with van der Waals surface area (Å²) in [5.41, 5.74) is 1.17. The highest BCUT2D eigenvalue weighted by atomic mass is 16.3. The fraction of sp³-hybridized carbons (Fsp3) is 0.467. The van der Waals surface area contributed by atoms with Gasteiger partial charge in [-0.25, -0.2) is 4.98 Å². The number of likely N-dealkylation sites (N-methyl/N-ethyl adjacent to an activating group) is 1. The fourth-order valence-electron chi connectivity index (χ4n) is 3.65. The number of fused-ring (bicyclic) bond motifs is 3. The Morgan fingerprint density at radius 2 is 2.40 bits per heavy atom. The standard InChI is InChI=1S/C15H17N3O2/c1-18-10-2-3-13(18)11(7-10)17-15(19)12-6-9-4-5-20-14(9)8-16-12/h4-6,8,10-11,13H,2-3,7H2,1H3,(H,17,19)/t10-,11-,13+/m1/s1. The van der Waals surface area contributed by atoms with Gasteiger partial charge < -0.3 is 9.73 Å². The number of aromatic nitrogens is 1. The van der Waals surface area contributed by atoms with Crippen molar-refractivity contribution in [2.75, 3.05) is 7.05 Å². The molecule has 0 unspecified atom stereocenters. The molecule has 2 aromatic rings. The molecular formula is C15H17N3O2. The van der Waals surface area contributed by atoms with Gasteiger partial charge in [0.1, 0.15) is 5.69 Å². The summed E-state index contributed by atoms with van der Waals surface area (Å²) in [7, 11) is 2.16. The van der Waals surface area contributed by atoms with Crippen molar-refractivity contribution in [2.45, 2.75) is 37.4 Å². The highest BCUT2D eigenvalue weighted by Gasteiger charge is 2.44. The van der Waals surface area contributed by atoms with Gasteiger partial charge in [-0.2, -0.15) is 0 Å². The lowest BCUT2D eigenvalue weighted by atomic mass is 9.95. The van der Waals surface area contributed by atoms with Gasteiger partial charge in [-0.05, 0) is 38.4 Å². The molecule has 2 aromatic heterocycles. The predicted molar refractivity (Wildman–Crippen MR) is 74.5 cm³/mol. The van der Waals surface area contributed by atoms with E-state index in [0.717, 1.165) is 11.8 Å². The van der Waals surface area contributed by atoms with Gasteiger partial charge in [0.15, 0.2) is 5.58 Å². The van der Waals surface area contributed by atoms with Crippen LogP contribution in [0.1, 0.15) is 29.8 Å². The van der Waals surface area contributed by atoms with Crippen LogP contribution in [-0.4, -0.2) is 41.0 Å².